The highest BCUT2D eigenvalue weighted by Gasteiger charge is 2.16. The van der Waals surface area contributed by atoms with Gasteiger partial charge >= 0.3 is 0 Å². The Morgan fingerprint density at radius 1 is 1.38 bits per heavy atom. The van der Waals surface area contributed by atoms with Gasteiger partial charge in [0.1, 0.15) is 0 Å². The molecule has 1 aromatic rings. The second kappa shape index (κ2) is 5.21. The zero-order valence-electron chi connectivity index (χ0n) is 9.95. The Morgan fingerprint density at radius 2 is 2.25 bits per heavy atom. The number of benzene rings is 1. The molecule has 0 aromatic heterocycles. The zero-order chi connectivity index (χ0) is 11.4. The molecular formula is C13H19NO2. The van der Waals surface area contributed by atoms with Gasteiger partial charge in [-0.1, -0.05) is 32.4 Å². The Hall–Kier alpha value is -1.22. The van der Waals surface area contributed by atoms with Crippen molar-refractivity contribution in [1.29, 1.82) is 0 Å². The second-order valence-electron chi connectivity index (χ2n) is 4.30. The van der Waals surface area contributed by atoms with Crippen molar-refractivity contribution in [2.24, 2.45) is 5.92 Å². The summed E-state index contributed by atoms with van der Waals surface area (Å²) in [5.41, 5.74) is 1.18. The first kappa shape index (κ1) is 11.3. The highest BCUT2D eigenvalue weighted by molar-refractivity contribution is 5.48. The third-order valence-corrected chi connectivity index (χ3v) is 2.98. The Kier molecular flexibility index (Phi) is 3.67. The number of nitrogens with one attached hydrogen (secondary N) is 1. The topological polar surface area (TPSA) is 30.5 Å². The SMILES string of the molecule is CCC(C)CNCc1cccc2c1OCO2. The largest absolute Gasteiger partial charge is 0.454 e. The molecule has 1 atom stereocenters. The van der Waals surface area contributed by atoms with Crippen molar-refractivity contribution in [2.45, 2.75) is 26.8 Å². The quantitative estimate of drug-likeness (QED) is 0.829. The summed E-state index contributed by atoms with van der Waals surface area (Å²) in [6, 6.07) is 6.03. The molecule has 0 amide bonds. The molecule has 0 bridgehead atoms. The molecule has 88 valence electrons. The molecule has 0 fully saturated rings. The molecule has 16 heavy (non-hydrogen) atoms. The van der Waals surface area contributed by atoms with Crippen LogP contribution in [0.4, 0.5) is 0 Å². The number of para-hydroxylation sites is 1. The van der Waals surface area contributed by atoms with E-state index in [0.29, 0.717) is 12.7 Å². The Labute approximate surface area is 96.8 Å². The third kappa shape index (κ3) is 2.47. The fourth-order valence-corrected chi connectivity index (χ4v) is 1.73. The van der Waals surface area contributed by atoms with Gasteiger partial charge in [0.2, 0.25) is 6.79 Å². The van der Waals surface area contributed by atoms with E-state index in [0.717, 1.165) is 24.6 Å². The maximum absolute atomic E-state index is 5.45. The molecule has 0 spiro atoms. The standard InChI is InChI=1S/C13H19NO2/c1-3-10(2)7-14-8-11-5-4-6-12-13(11)16-9-15-12/h4-6,10,14H,3,7-9H2,1-2H3. The summed E-state index contributed by atoms with van der Waals surface area (Å²) in [7, 11) is 0. The average molecular weight is 221 g/mol. The molecule has 1 N–H and O–H groups in total. The van der Waals surface area contributed by atoms with Crippen LogP contribution in [0, 0.1) is 5.92 Å². The van der Waals surface area contributed by atoms with Crippen LogP contribution in [0.5, 0.6) is 11.5 Å². The van der Waals surface area contributed by atoms with Crippen LogP contribution in [-0.2, 0) is 6.54 Å². The molecule has 1 aliphatic heterocycles. The lowest BCUT2D eigenvalue weighted by molar-refractivity contribution is 0.173. The Morgan fingerprint density at radius 3 is 3.06 bits per heavy atom. The van der Waals surface area contributed by atoms with E-state index in [1.165, 1.54) is 12.0 Å². The van der Waals surface area contributed by atoms with E-state index < -0.39 is 0 Å². The minimum absolute atomic E-state index is 0.345. The minimum atomic E-state index is 0.345. The monoisotopic (exact) mass is 221 g/mol. The fourth-order valence-electron chi connectivity index (χ4n) is 1.73. The van der Waals surface area contributed by atoms with E-state index >= 15 is 0 Å². The molecular weight excluding hydrogens is 202 g/mol. The van der Waals surface area contributed by atoms with Crippen LogP contribution in [0.25, 0.3) is 0 Å². The summed E-state index contributed by atoms with van der Waals surface area (Å²) in [4.78, 5) is 0. The van der Waals surface area contributed by atoms with Crippen molar-refractivity contribution in [3.8, 4) is 11.5 Å². The fraction of sp³-hybridized carbons (Fsp3) is 0.538. The zero-order valence-corrected chi connectivity index (χ0v) is 9.95. The summed E-state index contributed by atoms with van der Waals surface area (Å²) < 4.78 is 10.8. The van der Waals surface area contributed by atoms with Crippen LogP contribution in [0.2, 0.25) is 0 Å². The number of hydrogen-bond donors (Lipinski definition) is 1. The predicted molar refractivity (Wildman–Crippen MR) is 63.7 cm³/mol. The Bertz CT molecular complexity index is 352. The summed E-state index contributed by atoms with van der Waals surface area (Å²) in [5, 5.41) is 3.45. The molecule has 1 unspecified atom stereocenters. The first-order valence-corrected chi connectivity index (χ1v) is 5.89. The van der Waals surface area contributed by atoms with Gasteiger partial charge in [-0.15, -0.1) is 0 Å². The van der Waals surface area contributed by atoms with Gasteiger partial charge in [-0.3, -0.25) is 0 Å². The van der Waals surface area contributed by atoms with Crippen molar-refractivity contribution < 1.29 is 9.47 Å². The third-order valence-electron chi connectivity index (χ3n) is 2.98. The van der Waals surface area contributed by atoms with Crippen molar-refractivity contribution in [1.82, 2.24) is 5.32 Å². The molecule has 0 radical (unpaired) electrons. The maximum atomic E-state index is 5.45. The van der Waals surface area contributed by atoms with Gasteiger partial charge in [0, 0.05) is 12.1 Å². The molecule has 0 aliphatic carbocycles. The molecule has 3 heteroatoms. The van der Waals surface area contributed by atoms with E-state index in [-0.39, 0.29) is 0 Å². The summed E-state index contributed by atoms with van der Waals surface area (Å²) in [6.07, 6.45) is 1.21. The Balaban J connectivity index is 1.92. The van der Waals surface area contributed by atoms with Crippen molar-refractivity contribution in [3.05, 3.63) is 23.8 Å². The summed E-state index contributed by atoms with van der Waals surface area (Å²) >= 11 is 0. The highest BCUT2D eigenvalue weighted by Crippen LogP contribution is 2.35. The molecule has 1 heterocycles. The van der Waals surface area contributed by atoms with Crippen LogP contribution in [0.1, 0.15) is 25.8 Å². The van der Waals surface area contributed by atoms with E-state index in [9.17, 15) is 0 Å². The first-order chi connectivity index (χ1) is 7.81. The van der Waals surface area contributed by atoms with E-state index in [1.54, 1.807) is 0 Å². The van der Waals surface area contributed by atoms with Crippen molar-refractivity contribution in [3.63, 3.8) is 0 Å². The van der Waals surface area contributed by atoms with Crippen molar-refractivity contribution in [2.75, 3.05) is 13.3 Å². The number of rotatable bonds is 5. The second-order valence-corrected chi connectivity index (χ2v) is 4.30. The van der Waals surface area contributed by atoms with Crippen molar-refractivity contribution >= 4 is 0 Å². The molecule has 1 aliphatic rings. The predicted octanol–water partition coefficient (Wildman–Crippen LogP) is 2.55. The molecule has 3 nitrogen and oxygen atoms in total. The molecule has 0 saturated heterocycles. The van der Waals surface area contributed by atoms with Crippen LogP contribution < -0.4 is 14.8 Å². The van der Waals surface area contributed by atoms with E-state index in [2.05, 4.69) is 25.2 Å². The minimum Gasteiger partial charge on any atom is -0.454 e. The van der Waals surface area contributed by atoms with E-state index in [4.69, 9.17) is 9.47 Å². The lowest BCUT2D eigenvalue weighted by Crippen LogP contribution is -2.20. The van der Waals surface area contributed by atoms with Crippen LogP contribution in [0.3, 0.4) is 0 Å². The average Bonchev–Trinajstić information content (AvgIpc) is 2.77. The van der Waals surface area contributed by atoms with E-state index in [1.807, 2.05) is 12.1 Å². The highest BCUT2D eigenvalue weighted by atomic mass is 16.7. The lowest BCUT2D eigenvalue weighted by Gasteiger charge is -2.11. The summed E-state index contributed by atoms with van der Waals surface area (Å²) in [6.45, 7) is 6.70. The smallest absolute Gasteiger partial charge is 0.231 e. The normalized spacial score (nSPS) is 15.1. The van der Waals surface area contributed by atoms with Crippen LogP contribution >= 0.6 is 0 Å². The van der Waals surface area contributed by atoms with Gasteiger partial charge in [0.15, 0.2) is 11.5 Å². The van der Waals surface area contributed by atoms with Gasteiger partial charge in [-0.2, -0.15) is 0 Å². The molecule has 0 saturated carbocycles. The number of fused-ring (bicyclic) bond motifs is 1. The maximum Gasteiger partial charge on any atom is 0.231 e. The number of hydrogen-bond acceptors (Lipinski definition) is 3. The number of ether oxygens (including phenoxy) is 2. The van der Waals surface area contributed by atoms with Crippen LogP contribution in [0.15, 0.2) is 18.2 Å². The van der Waals surface area contributed by atoms with Crippen LogP contribution in [-0.4, -0.2) is 13.3 Å². The van der Waals surface area contributed by atoms with Gasteiger partial charge in [0.05, 0.1) is 0 Å². The first-order valence-electron chi connectivity index (χ1n) is 5.89. The summed E-state index contributed by atoms with van der Waals surface area (Å²) in [5.74, 6) is 2.48. The lowest BCUT2D eigenvalue weighted by atomic mass is 10.1. The van der Waals surface area contributed by atoms with Gasteiger partial charge in [-0.25, -0.2) is 0 Å². The van der Waals surface area contributed by atoms with Gasteiger partial charge < -0.3 is 14.8 Å². The molecule has 1 aromatic carbocycles. The van der Waals surface area contributed by atoms with Gasteiger partial charge in [0.25, 0.3) is 0 Å². The molecule has 2 rings (SSSR count). The van der Waals surface area contributed by atoms with Gasteiger partial charge in [-0.05, 0) is 18.5 Å².